The monoisotopic (exact) mass is 231 g/mol. The van der Waals surface area contributed by atoms with Gasteiger partial charge in [0.2, 0.25) is 0 Å². The predicted octanol–water partition coefficient (Wildman–Crippen LogP) is 2.24. The van der Waals surface area contributed by atoms with Crippen molar-refractivity contribution in [1.82, 2.24) is 4.98 Å². The van der Waals surface area contributed by atoms with Crippen LogP contribution in [0.3, 0.4) is 0 Å². The van der Waals surface area contributed by atoms with Crippen molar-refractivity contribution in [3.8, 4) is 6.07 Å². The van der Waals surface area contributed by atoms with Crippen LogP contribution >= 0.6 is 0 Å². The topological polar surface area (TPSA) is 57.9 Å². The molecule has 0 aliphatic heterocycles. The van der Waals surface area contributed by atoms with Crippen LogP contribution in [0.15, 0.2) is 12.1 Å². The van der Waals surface area contributed by atoms with Gasteiger partial charge in [0.25, 0.3) is 0 Å². The van der Waals surface area contributed by atoms with E-state index in [0.717, 1.165) is 30.8 Å². The summed E-state index contributed by atoms with van der Waals surface area (Å²) in [6, 6.07) is 6.14. The number of anilines is 1. The maximum Gasteiger partial charge on any atom is 0.127 e. The number of nitrogens with one attached hydrogen (secondary N) is 1. The number of ether oxygens (including phenoxy) is 1. The van der Waals surface area contributed by atoms with Crippen LogP contribution in [0.25, 0.3) is 0 Å². The Morgan fingerprint density at radius 2 is 2.29 bits per heavy atom. The second-order valence-corrected chi connectivity index (χ2v) is 4.51. The fraction of sp³-hybridized carbons (Fsp3) is 0.538. The number of aromatic nitrogens is 1. The van der Waals surface area contributed by atoms with Gasteiger partial charge >= 0.3 is 0 Å². The number of hydrogen-bond donors (Lipinski definition) is 1. The molecule has 2 atom stereocenters. The van der Waals surface area contributed by atoms with E-state index in [1.54, 1.807) is 19.2 Å². The highest BCUT2D eigenvalue weighted by Crippen LogP contribution is 2.24. The van der Waals surface area contributed by atoms with Gasteiger partial charge in [-0.05, 0) is 38.3 Å². The summed E-state index contributed by atoms with van der Waals surface area (Å²) in [5, 5.41) is 12.3. The number of aryl methyl sites for hydroxylation is 1. The van der Waals surface area contributed by atoms with Crippen LogP contribution in [0.4, 0.5) is 5.82 Å². The molecule has 0 saturated heterocycles. The molecule has 2 rings (SSSR count). The summed E-state index contributed by atoms with van der Waals surface area (Å²) in [5.74, 6) is 0.795. The van der Waals surface area contributed by atoms with E-state index in [0.29, 0.717) is 17.7 Å². The zero-order valence-electron chi connectivity index (χ0n) is 10.2. The third kappa shape index (κ3) is 2.95. The van der Waals surface area contributed by atoms with E-state index in [9.17, 15) is 0 Å². The summed E-state index contributed by atoms with van der Waals surface area (Å²) in [5.41, 5.74) is 1.52. The molecule has 4 nitrogen and oxygen atoms in total. The lowest BCUT2D eigenvalue weighted by Crippen LogP contribution is -2.18. The zero-order valence-corrected chi connectivity index (χ0v) is 10.2. The van der Waals surface area contributed by atoms with Crippen molar-refractivity contribution < 1.29 is 4.74 Å². The molecule has 1 N–H and O–H groups in total. The molecule has 1 aliphatic rings. The maximum atomic E-state index is 8.90. The Morgan fingerprint density at radius 1 is 1.47 bits per heavy atom. The minimum absolute atomic E-state index is 0.354. The van der Waals surface area contributed by atoms with Crippen molar-refractivity contribution in [3.05, 3.63) is 23.4 Å². The van der Waals surface area contributed by atoms with Crippen LogP contribution in [0.2, 0.25) is 0 Å². The number of nitrogens with zero attached hydrogens (tertiary/aromatic N) is 2. The van der Waals surface area contributed by atoms with Crippen molar-refractivity contribution in [2.75, 3.05) is 12.4 Å². The van der Waals surface area contributed by atoms with Gasteiger partial charge in [-0.3, -0.25) is 0 Å². The van der Waals surface area contributed by atoms with Gasteiger partial charge in [0.05, 0.1) is 17.7 Å². The number of methoxy groups -OCH3 is 1. The third-order valence-corrected chi connectivity index (χ3v) is 3.15. The highest BCUT2D eigenvalue weighted by molar-refractivity contribution is 5.45. The minimum Gasteiger partial charge on any atom is -0.381 e. The van der Waals surface area contributed by atoms with E-state index >= 15 is 0 Å². The first-order chi connectivity index (χ1) is 8.21. The summed E-state index contributed by atoms with van der Waals surface area (Å²) in [6.45, 7) is 1.90. The SMILES string of the molecule is COC1CCC(Nc2cc(C#N)cc(C)n2)C1. The van der Waals surface area contributed by atoms with Gasteiger partial charge < -0.3 is 10.1 Å². The smallest absolute Gasteiger partial charge is 0.127 e. The van der Waals surface area contributed by atoms with Crippen LogP contribution in [0.1, 0.15) is 30.5 Å². The second-order valence-electron chi connectivity index (χ2n) is 4.51. The van der Waals surface area contributed by atoms with Gasteiger partial charge in [0.15, 0.2) is 0 Å². The largest absolute Gasteiger partial charge is 0.381 e. The number of rotatable bonds is 3. The van der Waals surface area contributed by atoms with Gasteiger partial charge in [0.1, 0.15) is 5.82 Å². The van der Waals surface area contributed by atoms with Crippen molar-refractivity contribution in [2.24, 2.45) is 0 Å². The Bertz CT molecular complexity index is 439. The van der Waals surface area contributed by atoms with Crippen LogP contribution in [-0.2, 0) is 4.74 Å². The zero-order chi connectivity index (χ0) is 12.3. The first-order valence-corrected chi connectivity index (χ1v) is 5.89. The molecule has 1 saturated carbocycles. The average molecular weight is 231 g/mol. The molecule has 0 aromatic carbocycles. The Balaban J connectivity index is 2.04. The van der Waals surface area contributed by atoms with Gasteiger partial charge in [-0.25, -0.2) is 4.98 Å². The molecule has 1 fully saturated rings. The number of nitriles is 1. The Labute approximate surface area is 102 Å². The summed E-state index contributed by atoms with van der Waals surface area (Å²) < 4.78 is 5.33. The average Bonchev–Trinajstić information content (AvgIpc) is 2.76. The number of pyridine rings is 1. The normalized spacial score (nSPS) is 23.4. The summed E-state index contributed by atoms with van der Waals surface area (Å²) in [7, 11) is 1.76. The van der Waals surface area contributed by atoms with Crippen LogP contribution in [0, 0.1) is 18.3 Å². The lowest BCUT2D eigenvalue weighted by Gasteiger charge is -2.14. The molecule has 17 heavy (non-hydrogen) atoms. The first kappa shape index (κ1) is 11.9. The van der Waals surface area contributed by atoms with Crippen molar-refractivity contribution >= 4 is 5.82 Å². The summed E-state index contributed by atoms with van der Waals surface area (Å²) in [4.78, 5) is 4.39. The van der Waals surface area contributed by atoms with Crippen LogP contribution in [0.5, 0.6) is 0 Å². The van der Waals surface area contributed by atoms with E-state index in [1.807, 2.05) is 6.92 Å². The standard InChI is InChI=1S/C13H17N3O/c1-9-5-10(8-14)6-13(15-9)16-11-3-4-12(7-11)17-2/h5-6,11-12H,3-4,7H2,1-2H3,(H,15,16). The van der Waals surface area contributed by atoms with Gasteiger partial charge in [-0.15, -0.1) is 0 Å². The quantitative estimate of drug-likeness (QED) is 0.866. The van der Waals surface area contributed by atoms with Crippen molar-refractivity contribution in [1.29, 1.82) is 5.26 Å². The molecule has 4 heteroatoms. The van der Waals surface area contributed by atoms with E-state index in [1.165, 1.54) is 0 Å². The molecule has 2 unspecified atom stereocenters. The maximum absolute atomic E-state index is 8.90. The highest BCUT2D eigenvalue weighted by Gasteiger charge is 2.24. The molecule has 1 aromatic rings. The lowest BCUT2D eigenvalue weighted by molar-refractivity contribution is 0.108. The van der Waals surface area contributed by atoms with Crippen molar-refractivity contribution in [3.63, 3.8) is 0 Å². The van der Waals surface area contributed by atoms with E-state index in [-0.39, 0.29) is 0 Å². The van der Waals surface area contributed by atoms with Gasteiger partial charge in [-0.1, -0.05) is 0 Å². The molecule has 0 bridgehead atoms. The molecule has 90 valence electrons. The Morgan fingerprint density at radius 3 is 2.94 bits per heavy atom. The first-order valence-electron chi connectivity index (χ1n) is 5.89. The molecule has 1 aromatic heterocycles. The molecule has 1 heterocycles. The Kier molecular flexibility index (Phi) is 3.60. The molecule has 0 spiro atoms. The van der Waals surface area contributed by atoms with Gasteiger partial charge in [-0.2, -0.15) is 5.26 Å². The van der Waals surface area contributed by atoms with Gasteiger partial charge in [0, 0.05) is 18.8 Å². The highest BCUT2D eigenvalue weighted by atomic mass is 16.5. The fourth-order valence-electron chi connectivity index (χ4n) is 2.30. The summed E-state index contributed by atoms with van der Waals surface area (Å²) in [6.07, 6.45) is 3.54. The molecular formula is C13H17N3O. The van der Waals surface area contributed by atoms with Crippen LogP contribution < -0.4 is 5.32 Å². The summed E-state index contributed by atoms with van der Waals surface area (Å²) >= 11 is 0. The van der Waals surface area contributed by atoms with E-state index < -0.39 is 0 Å². The molecule has 0 amide bonds. The molecule has 0 radical (unpaired) electrons. The minimum atomic E-state index is 0.354. The molecule has 1 aliphatic carbocycles. The Hall–Kier alpha value is -1.60. The lowest BCUT2D eigenvalue weighted by atomic mass is 10.2. The van der Waals surface area contributed by atoms with E-state index in [2.05, 4.69) is 16.4 Å². The fourth-order valence-corrected chi connectivity index (χ4v) is 2.30. The van der Waals surface area contributed by atoms with E-state index in [4.69, 9.17) is 10.00 Å². The third-order valence-electron chi connectivity index (χ3n) is 3.15. The van der Waals surface area contributed by atoms with Crippen molar-refractivity contribution in [2.45, 2.75) is 38.3 Å². The van der Waals surface area contributed by atoms with Crippen LogP contribution in [-0.4, -0.2) is 24.2 Å². The second kappa shape index (κ2) is 5.15. The number of hydrogen-bond acceptors (Lipinski definition) is 4. The predicted molar refractivity (Wildman–Crippen MR) is 65.7 cm³/mol. The molecular weight excluding hydrogens is 214 g/mol.